The van der Waals surface area contributed by atoms with Crippen molar-refractivity contribution in [2.45, 2.75) is 4.90 Å². The highest BCUT2D eigenvalue weighted by Gasteiger charge is 2.32. The van der Waals surface area contributed by atoms with Gasteiger partial charge >= 0.3 is 0 Å². The number of benzene rings is 3. The number of nitrogens with one attached hydrogen (secondary N) is 2. The number of hydrogen-bond donors (Lipinski definition) is 2. The maximum atomic E-state index is 12.7. The number of nitrogens with zero attached hydrogens (tertiary/aromatic N) is 1. The zero-order valence-electron chi connectivity index (χ0n) is 17.7. The molecule has 1 aliphatic heterocycles. The molecule has 0 aromatic heterocycles. The minimum absolute atomic E-state index is 0.0421. The van der Waals surface area contributed by atoms with E-state index >= 15 is 0 Å². The molecule has 0 aliphatic carbocycles. The molecular formula is C23H19N3O6S. The van der Waals surface area contributed by atoms with E-state index in [1.165, 1.54) is 74.8 Å². The largest absolute Gasteiger partial charge is 0.497 e. The Balaban J connectivity index is 1.51. The second kappa shape index (κ2) is 8.40. The second-order valence-electron chi connectivity index (χ2n) is 7.25. The number of carbonyl (C=O) groups is 3. The van der Waals surface area contributed by atoms with Crippen molar-refractivity contribution in [2.75, 3.05) is 24.2 Å². The smallest absolute Gasteiger partial charge is 0.261 e. The lowest BCUT2D eigenvalue weighted by Crippen LogP contribution is -2.24. The summed E-state index contributed by atoms with van der Waals surface area (Å²) >= 11 is 0. The van der Waals surface area contributed by atoms with E-state index in [0.717, 1.165) is 4.90 Å². The van der Waals surface area contributed by atoms with E-state index in [1.807, 2.05) is 0 Å². The number of carbonyl (C=O) groups excluding carboxylic acids is 3. The van der Waals surface area contributed by atoms with E-state index in [4.69, 9.17) is 4.74 Å². The molecule has 0 atom stereocenters. The zero-order chi connectivity index (χ0) is 23.8. The van der Waals surface area contributed by atoms with Crippen LogP contribution in [0.4, 0.5) is 11.4 Å². The summed E-state index contributed by atoms with van der Waals surface area (Å²) in [7, 11) is -1.00. The van der Waals surface area contributed by atoms with Crippen molar-refractivity contribution < 1.29 is 27.5 Å². The SMILES string of the molecule is COc1ccc(S(=O)(=O)Nc2cccc(C(=O)Nc3ccc4c(c3)C(=O)N(C)C4=O)c2)cc1. The van der Waals surface area contributed by atoms with Gasteiger partial charge in [-0.25, -0.2) is 8.42 Å². The molecule has 0 bridgehead atoms. The molecule has 1 aliphatic rings. The van der Waals surface area contributed by atoms with Crippen LogP contribution in [0, 0.1) is 0 Å². The van der Waals surface area contributed by atoms with Gasteiger partial charge in [0.2, 0.25) is 0 Å². The van der Waals surface area contributed by atoms with Crippen LogP contribution in [0.2, 0.25) is 0 Å². The van der Waals surface area contributed by atoms with E-state index in [2.05, 4.69) is 10.0 Å². The molecule has 0 saturated heterocycles. The van der Waals surface area contributed by atoms with E-state index in [-0.39, 0.29) is 27.3 Å². The summed E-state index contributed by atoms with van der Waals surface area (Å²) < 4.78 is 32.8. The number of ether oxygens (including phenoxy) is 1. The van der Waals surface area contributed by atoms with Gasteiger partial charge in [-0.2, -0.15) is 0 Å². The molecule has 9 nitrogen and oxygen atoms in total. The summed E-state index contributed by atoms with van der Waals surface area (Å²) in [6.45, 7) is 0. The van der Waals surface area contributed by atoms with Crippen LogP contribution in [-0.4, -0.2) is 45.2 Å². The molecule has 3 amide bonds. The zero-order valence-corrected chi connectivity index (χ0v) is 18.5. The first-order valence-electron chi connectivity index (χ1n) is 9.74. The highest BCUT2D eigenvalue weighted by atomic mass is 32.2. The molecule has 33 heavy (non-hydrogen) atoms. The summed E-state index contributed by atoms with van der Waals surface area (Å²) in [5.41, 5.74) is 1.22. The Kier molecular flexibility index (Phi) is 5.60. The monoisotopic (exact) mass is 465 g/mol. The fourth-order valence-electron chi connectivity index (χ4n) is 3.34. The number of imide groups is 1. The van der Waals surface area contributed by atoms with Gasteiger partial charge in [-0.15, -0.1) is 0 Å². The van der Waals surface area contributed by atoms with Crippen LogP contribution >= 0.6 is 0 Å². The molecule has 2 N–H and O–H groups in total. The highest BCUT2D eigenvalue weighted by Crippen LogP contribution is 2.25. The van der Waals surface area contributed by atoms with Crippen molar-refractivity contribution in [3.63, 3.8) is 0 Å². The predicted molar refractivity (Wildman–Crippen MR) is 121 cm³/mol. The van der Waals surface area contributed by atoms with Crippen LogP contribution in [-0.2, 0) is 10.0 Å². The normalized spacial score (nSPS) is 13.0. The molecule has 4 rings (SSSR count). The quantitative estimate of drug-likeness (QED) is 0.540. The Morgan fingerprint density at radius 1 is 0.879 bits per heavy atom. The third kappa shape index (κ3) is 4.28. The number of methoxy groups -OCH3 is 1. The van der Waals surface area contributed by atoms with Gasteiger partial charge in [0.1, 0.15) is 5.75 Å². The first kappa shape index (κ1) is 22.0. The van der Waals surface area contributed by atoms with Gasteiger partial charge in [0.05, 0.1) is 23.1 Å². The van der Waals surface area contributed by atoms with E-state index in [0.29, 0.717) is 11.4 Å². The summed E-state index contributed by atoms with van der Waals surface area (Å²) in [5.74, 6) is -0.826. The summed E-state index contributed by atoms with van der Waals surface area (Å²) in [6.07, 6.45) is 0. The molecule has 0 spiro atoms. The molecule has 3 aromatic carbocycles. The molecule has 3 aromatic rings. The number of amides is 3. The molecule has 0 saturated carbocycles. The number of sulfonamides is 1. The Morgan fingerprint density at radius 2 is 1.58 bits per heavy atom. The Morgan fingerprint density at radius 3 is 2.27 bits per heavy atom. The lowest BCUT2D eigenvalue weighted by molar-refractivity contribution is 0.0692. The van der Waals surface area contributed by atoms with E-state index < -0.39 is 27.7 Å². The minimum atomic E-state index is -3.87. The summed E-state index contributed by atoms with van der Waals surface area (Å²) in [4.78, 5) is 37.9. The fraction of sp³-hybridized carbons (Fsp3) is 0.0870. The molecule has 10 heteroatoms. The standard InChI is InChI=1S/C23H19N3O6S/c1-26-22(28)19-11-6-15(13-20(19)23(26)29)24-21(27)14-4-3-5-16(12-14)25-33(30,31)18-9-7-17(32-2)8-10-18/h3-13,25H,1-2H3,(H,24,27). The van der Waals surface area contributed by atoms with Gasteiger partial charge in [0, 0.05) is 24.0 Å². The van der Waals surface area contributed by atoms with Crippen molar-refractivity contribution in [3.05, 3.63) is 83.4 Å². The molecule has 168 valence electrons. The number of hydrogen-bond acceptors (Lipinski definition) is 6. The molecular weight excluding hydrogens is 446 g/mol. The Hall–Kier alpha value is -4.18. The van der Waals surface area contributed by atoms with Crippen LogP contribution in [0.5, 0.6) is 5.75 Å². The van der Waals surface area contributed by atoms with Gasteiger partial charge in [-0.05, 0) is 60.7 Å². The lowest BCUT2D eigenvalue weighted by Gasteiger charge is -2.11. The lowest BCUT2D eigenvalue weighted by atomic mass is 10.1. The molecule has 1 heterocycles. The molecule has 0 fully saturated rings. The first-order chi connectivity index (χ1) is 15.7. The van der Waals surface area contributed by atoms with Crippen molar-refractivity contribution >= 4 is 39.1 Å². The maximum absolute atomic E-state index is 12.7. The van der Waals surface area contributed by atoms with Gasteiger partial charge in [-0.1, -0.05) is 6.07 Å². The van der Waals surface area contributed by atoms with Crippen molar-refractivity contribution in [1.82, 2.24) is 4.90 Å². The van der Waals surface area contributed by atoms with Gasteiger partial charge in [-0.3, -0.25) is 24.0 Å². The second-order valence-corrected chi connectivity index (χ2v) is 8.93. The Labute approximate surface area is 190 Å². The van der Waals surface area contributed by atoms with Crippen molar-refractivity contribution in [3.8, 4) is 5.75 Å². The highest BCUT2D eigenvalue weighted by molar-refractivity contribution is 7.92. The first-order valence-corrected chi connectivity index (χ1v) is 11.2. The third-order valence-electron chi connectivity index (χ3n) is 5.09. The van der Waals surface area contributed by atoms with Crippen LogP contribution < -0.4 is 14.8 Å². The summed E-state index contributed by atoms with van der Waals surface area (Å²) in [5, 5.41) is 2.66. The number of rotatable bonds is 6. The van der Waals surface area contributed by atoms with Gasteiger partial charge in [0.15, 0.2) is 0 Å². The van der Waals surface area contributed by atoms with Crippen LogP contribution in [0.1, 0.15) is 31.1 Å². The fourth-order valence-corrected chi connectivity index (χ4v) is 4.38. The maximum Gasteiger partial charge on any atom is 0.261 e. The van der Waals surface area contributed by atoms with Crippen LogP contribution in [0.3, 0.4) is 0 Å². The van der Waals surface area contributed by atoms with Crippen LogP contribution in [0.25, 0.3) is 0 Å². The minimum Gasteiger partial charge on any atom is -0.497 e. The average molecular weight is 465 g/mol. The average Bonchev–Trinajstić information content (AvgIpc) is 3.02. The number of fused-ring (bicyclic) bond motifs is 1. The molecule has 0 unspecified atom stereocenters. The Bertz CT molecular complexity index is 1380. The van der Waals surface area contributed by atoms with Gasteiger partial charge in [0.25, 0.3) is 27.7 Å². The van der Waals surface area contributed by atoms with Crippen molar-refractivity contribution in [1.29, 1.82) is 0 Å². The third-order valence-corrected chi connectivity index (χ3v) is 6.49. The number of anilines is 2. The van der Waals surface area contributed by atoms with E-state index in [9.17, 15) is 22.8 Å². The topological polar surface area (TPSA) is 122 Å². The predicted octanol–water partition coefficient (Wildman–Crippen LogP) is 2.97. The van der Waals surface area contributed by atoms with Crippen LogP contribution in [0.15, 0.2) is 71.6 Å². The van der Waals surface area contributed by atoms with E-state index in [1.54, 1.807) is 6.07 Å². The van der Waals surface area contributed by atoms with Crippen molar-refractivity contribution in [2.24, 2.45) is 0 Å². The molecule has 0 radical (unpaired) electrons. The van der Waals surface area contributed by atoms with Gasteiger partial charge < -0.3 is 10.1 Å². The summed E-state index contributed by atoms with van der Waals surface area (Å²) in [6, 6.07) is 16.3.